The lowest BCUT2D eigenvalue weighted by atomic mass is 9.86. The van der Waals surface area contributed by atoms with Crippen molar-refractivity contribution in [3.63, 3.8) is 0 Å². The Balaban J connectivity index is 0.000000425. The van der Waals surface area contributed by atoms with Crippen LogP contribution in [0.2, 0.25) is 0 Å². The van der Waals surface area contributed by atoms with E-state index < -0.39 is 0 Å². The second-order valence-corrected chi connectivity index (χ2v) is 6.29. The average molecular weight is 361 g/mol. The van der Waals surface area contributed by atoms with Gasteiger partial charge < -0.3 is 20.1 Å². The highest BCUT2D eigenvalue weighted by Gasteiger charge is 2.29. The van der Waals surface area contributed by atoms with Crippen molar-refractivity contribution in [1.29, 1.82) is 0 Å². The van der Waals surface area contributed by atoms with Crippen LogP contribution in [-0.4, -0.2) is 38.2 Å². The second kappa shape index (κ2) is 12.1. The number of hydrogen-bond donors (Lipinski definition) is 1. The molecular weight excluding hydrogens is 332 g/mol. The van der Waals surface area contributed by atoms with E-state index in [-0.39, 0.29) is 42.2 Å². The normalized spacial score (nSPS) is 28.9. The zero-order chi connectivity index (χ0) is 17.2. The third-order valence-corrected chi connectivity index (χ3v) is 4.72. The molecule has 0 aliphatic heterocycles. The molecule has 0 spiro atoms. The largest absolute Gasteiger partial charge is 0.469 e. The molecule has 0 unspecified atom stereocenters. The van der Waals surface area contributed by atoms with Crippen LogP contribution >= 0.6 is 12.4 Å². The van der Waals surface area contributed by atoms with E-state index in [1.54, 1.807) is 0 Å². The first-order valence-corrected chi connectivity index (χ1v) is 8.29. The van der Waals surface area contributed by atoms with Gasteiger partial charge in [0, 0.05) is 18.9 Å². The van der Waals surface area contributed by atoms with Crippen LogP contribution in [0.15, 0.2) is 0 Å². The molecule has 0 aromatic carbocycles. The van der Waals surface area contributed by atoms with Crippen LogP contribution in [0.5, 0.6) is 0 Å². The van der Waals surface area contributed by atoms with Crippen molar-refractivity contribution in [2.24, 2.45) is 17.6 Å². The van der Waals surface area contributed by atoms with Crippen molar-refractivity contribution in [2.75, 3.05) is 14.2 Å². The Labute approximate surface area is 150 Å². The fraction of sp³-hybridized carbons (Fsp3) is 0.824. The molecule has 2 saturated carbocycles. The molecule has 7 heteroatoms. The monoisotopic (exact) mass is 360 g/mol. The van der Waals surface area contributed by atoms with Crippen LogP contribution in [0.4, 0.5) is 0 Å². The summed E-state index contributed by atoms with van der Waals surface area (Å²) in [7, 11) is 2.86. The van der Waals surface area contributed by atoms with Crippen LogP contribution < -0.4 is 5.73 Å². The standard InChI is InChI=1S/C9H13NO2.C8H15NO2.ClH/c1-10-8-5-3-7(4-6-8)9(11)12-2;1-11-8(10)6-2-4-7(9)5-3-6;/h7-8H,3-6H2,2H3;6-7H,2-5,9H2,1H3;1H. The van der Waals surface area contributed by atoms with Gasteiger partial charge in [-0.1, -0.05) is 0 Å². The minimum absolute atomic E-state index is 0. The quantitative estimate of drug-likeness (QED) is 0.604. The van der Waals surface area contributed by atoms with Gasteiger partial charge in [-0.15, -0.1) is 12.4 Å². The molecule has 2 rings (SSSR count). The summed E-state index contributed by atoms with van der Waals surface area (Å²) >= 11 is 0. The lowest BCUT2D eigenvalue weighted by Gasteiger charge is -2.23. The molecule has 2 N–H and O–H groups in total. The zero-order valence-corrected chi connectivity index (χ0v) is 15.3. The van der Waals surface area contributed by atoms with Crippen LogP contribution in [0, 0.1) is 18.4 Å². The molecule has 0 heterocycles. The number of ether oxygens (including phenoxy) is 2. The summed E-state index contributed by atoms with van der Waals surface area (Å²) in [5.74, 6) is -0.0249. The highest BCUT2D eigenvalue weighted by atomic mass is 35.5. The molecule has 2 fully saturated rings. The maximum Gasteiger partial charge on any atom is 0.308 e. The fourth-order valence-corrected chi connectivity index (χ4v) is 3.13. The van der Waals surface area contributed by atoms with Gasteiger partial charge in [-0.05, 0) is 38.5 Å². The summed E-state index contributed by atoms with van der Waals surface area (Å²) in [6.07, 6.45) is 7.05. The predicted octanol–water partition coefficient (Wildman–Crippen LogP) is 2.74. The van der Waals surface area contributed by atoms with E-state index in [2.05, 4.69) is 14.3 Å². The minimum atomic E-state index is -0.113. The highest BCUT2D eigenvalue weighted by molar-refractivity contribution is 5.85. The molecule has 0 radical (unpaired) electrons. The van der Waals surface area contributed by atoms with E-state index in [0.717, 1.165) is 51.4 Å². The Hall–Kier alpha value is -1.32. The van der Waals surface area contributed by atoms with Crippen LogP contribution in [0.25, 0.3) is 4.85 Å². The van der Waals surface area contributed by atoms with Gasteiger partial charge in [0.1, 0.15) is 0 Å². The Morgan fingerprint density at radius 2 is 1.25 bits per heavy atom. The molecule has 0 aromatic rings. The summed E-state index contributed by atoms with van der Waals surface area (Å²) in [6.45, 7) is 6.82. The summed E-state index contributed by atoms with van der Waals surface area (Å²) < 4.78 is 9.29. The van der Waals surface area contributed by atoms with Gasteiger partial charge in [0.25, 0.3) is 0 Å². The van der Waals surface area contributed by atoms with Gasteiger partial charge in [-0.2, -0.15) is 0 Å². The topological polar surface area (TPSA) is 83.0 Å². The average Bonchev–Trinajstić information content (AvgIpc) is 2.61. The molecule has 0 bridgehead atoms. The Morgan fingerprint density at radius 3 is 1.58 bits per heavy atom. The van der Waals surface area contributed by atoms with Gasteiger partial charge in [-0.25, -0.2) is 6.57 Å². The van der Waals surface area contributed by atoms with Gasteiger partial charge in [0.15, 0.2) is 0 Å². The van der Waals surface area contributed by atoms with Gasteiger partial charge >= 0.3 is 11.9 Å². The first-order valence-electron chi connectivity index (χ1n) is 8.29. The molecule has 2 aliphatic rings. The number of carbonyl (C=O) groups is 2. The van der Waals surface area contributed by atoms with Crippen LogP contribution in [0.1, 0.15) is 51.4 Å². The number of esters is 2. The van der Waals surface area contributed by atoms with Crippen molar-refractivity contribution in [2.45, 2.75) is 63.5 Å². The smallest absolute Gasteiger partial charge is 0.308 e. The van der Waals surface area contributed by atoms with Crippen LogP contribution in [-0.2, 0) is 19.1 Å². The number of hydrogen-bond acceptors (Lipinski definition) is 5. The minimum Gasteiger partial charge on any atom is -0.469 e. The van der Waals surface area contributed by atoms with Crippen molar-refractivity contribution in [1.82, 2.24) is 0 Å². The first-order chi connectivity index (χ1) is 11.0. The number of methoxy groups -OCH3 is 2. The van der Waals surface area contributed by atoms with Crippen molar-refractivity contribution < 1.29 is 19.1 Å². The van der Waals surface area contributed by atoms with Crippen LogP contribution in [0.3, 0.4) is 0 Å². The maximum absolute atomic E-state index is 11.1. The maximum atomic E-state index is 11.1. The van der Waals surface area contributed by atoms with Gasteiger partial charge in [0.05, 0.1) is 26.1 Å². The van der Waals surface area contributed by atoms with Crippen molar-refractivity contribution in [3.8, 4) is 0 Å². The summed E-state index contributed by atoms with van der Waals surface area (Å²) in [6, 6.07) is 0.446. The molecule has 0 aromatic heterocycles. The lowest BCUT2D eigenvalue weighted by Crippen LogP contribution is -2.30. The van der Waals surface area contributed by atoms with E-state index in [0.29, 0.717) is 6.04 Å². The van der Waals surface area contributed by atoms with E-state index in [1.165, 1.54) is 14.2 Å². The molecule has 24 heavy (non-hydrogen) atoms. The highest BCUT2D eigenvalue weighted by Crippen LogP contribution is 2.27. The number of nitrogens with two attached hydrogens (primary N) is 1. The summed E-state index contributed by atoms with van der Waals surface area (Å²) in [5, 5.41) is 0. The Kier molecular flexibility index (Phi) is 11.4. The van der Waals surface area contributed by atoms with E-state index >= 15 is 0 Å². The van der Waals surface area contributed by atoms with Crippen molar-refractivity contribution in [3.05, 3.63) is 11.4 Å². The van der Waals surface area contributed by atoms with E-state index in [4.69, 9.17) is 12.3 Å². The SMILES string of the molecule is COC(=O)C1CCC(N)CC1.Cl.[C-]#[N+]C1CCC(C(=O)OC)CC1. The summed E-state index contributed by atoms with van der Waals surface area (Å²) in [5.41, 5.74) is 5.69. The number of nitrogens with zero attached hydrogens (tertiary/aromatic N) is 1. The fourth-order valence-electron chi connectivity index (χ4n) is 3.13. The Bertz CT molecular complexity index is 423. The molecule has 0 amide bonds. The molecular formula is C17H29ClN2O4. The van der Waals surface area contributed by atoms with Gasteiger partial charge in [0.2, 0.25) is 6.04 Å². The van der Waals surface area contributed by atoms with E-state index in [1.807, 2.05) is 0 Å². The number of carbonyl (C=O) groups excluding carboxylic acids is 2. The molecule has 0 saturated heterocycles. The van der Waals surface area contributed by atoms with Gasteiger partial charge in [-0.3, -0.25) is 9.59 Å². The number of halogens is 1. The second-order valence-electron chi connectivity index (χ2n) is 6.29. The third-order valence-electron chi connectivity index (χ3n) is 4.72. The predicted molar refractivity (Wildman–Crippen MR) is 93.6 cm³/mol. The molecule has 2 aliphatic carbocycles. The lowest BCUT2D eigenvalue weighted by molar-refractivity contribution is -0.147. The number of rotatable bonds is 2. The first kappa shape index (κ1) is 22.7. The molecule has 138 valence electrons. The van der Waals surface area contributed by atoms with Crippen molar-refractivity contribution >= 4 is 24.3 Å². The van der Waals surface area contributed by atoms with E-state index in [9.17, 15) is 9.59 Å². The Morgan fingerprint density at radius 1 is 0.875 bits per heavy atom. The molecule has 6 nitrogen and oxygen atoms in total. The summed E-state index contributed by atoms with van der Waals surface area (Å²) in [4.78, 5) is 25.5. The zero-order valence-electron chi connectivity index (χ0n) is 14.5. The molecule has 0 atom stereocenters. The third kappa shape index (κ3) is 7.50.